The summed E-state index contributed by atoms with van der Waals surface area (Å²) in [7, 11) is 2.90. The zero-order valence-electron chi connectivity index (χ0n) is 7.64. The average molecular weight is 324 g/mol. The second-order valence-electron chi connectivity index (χ2n) is 2.46. The number of hydrogen-bond donors (Lipinski definition) is 0. The van der Waals surface area contributed by atoms with E-state index in [0.717, 1.165) is 0 Å². The highest BCUT2D eigenvalue weighted by Gasteiger charge is 2.15. The Kier molecular flexibility index (Phi) is 3.95. The third-order valence-corrected chi connectivity index (χ3v) is 2.89. The van der Waals surface area contributed by atoms with E-state index >= 15 is 0 Å². The molecule has 0 unspecified atom stereocenters. The number of benzene rings is 1. The monoisotopic (exact) mass is 322 g/mol. The lowest BCUT2D eigenvalue weighted by molar-refractivity contribution is 0.0598. The largest absolute Gasteiger partial charge is 0.497 e. The molecule has 0 aromatic heterocycles. The quantitative estimate of drug-likeness (QED) is 0.785. The van der Waals surface area contributed by atoms with Crippen LogP contribution in [0.1, 0.15) is 10.4 Å². The molecule has 3 nitrogen and oxygen atoms in total. The summed E-state index contributed by atoms with van der Waals surface area (Å²) in [6, 6.07) is 3.41. The van der Waals surface area contributed by atoms with Gasteiger partial charge in [0.25, 0.3) is 0 Å². The second-order valence-corrected chi connectivity index (χ2v) is 4.17. The molecule has 0 fully saturated rings. The van der Waals surface area contributed by atoms with Gasteiger partial charge in [-0.2, -0.15) is 0 Å². The predicted molar refractivity (Wildman–Crippen MR) is 59.7 cm³/mol. The van der Waals surface area contributed by atoms with Crippen LogP contribution in [0.2, 0.25) is 0 Å². The van der Waals surface area contributed by atoms with Gasteiger partial charge in [-0.1, -0.05) is 0 Å². The summed E-state index contributed by atoms with van der Waals surface area (Å²) in [4.78, 5) is 11.3. The van der Waals surface area contributed by atoms with Crippen LogP contribution in [0.3, 0.4) is 0 Å². The van der Waals surface area contributed by atoms with E-state index in [-0.39, 0.29) is 0 Å². The molecule has 1 rings (SSSR count). The Bertz CT molecular complexity index is 340. The van der Waals surface area contributed by atoms with Crippen molar-refractivity contribution in [3.05, 3.63) is 26.6 Å². The van der Waals surface area contributed by atoms with Crippen molar-refractivity contribution < 1.29 is 14.3 Å². The summed E-state index contributed by atoms with van der Waals surface area (Å²) in [5.74, 6) is 0.266. The molecule has 0 atom stereocenters. The molecule has 0 radical (unpaired) electrons. The van der Waals surface area contributed by atoms with Crippen LogP contribution < -0.4 is 4.74 Å². The first-order chi connectivity index (χ1) is 6.60. The number of rotatable bonds is 2. The van der Waals surface area contributed by atoms with Gasteiger partial charge >= 0.3 is 5.97 Å². The number of esters is 1. The van der Waals surface area contributed by atoms with Gasteiger partial charge in [-0.3, -0.25) is 0 Å². The topological polar surface area (TPSA) is 35.5 Å². The van der Waals surface area contributed by atoms with Crippen LogP contribution in [0.15, 0.2) is 21.1 Å². The van der Waals surface area contributed by atoms with E-state index in [1.165, 1.54) is 7.11 Å². The summed E-state index contributed by atoms with van der Waals surface area (Å²) in [6.07, 6.45) is 0. The maximum atomic E-state index is 11.3. The molecule has 0 aliphatic rings. The molecule has 0 aliphatic carbocycles. The van der Waals surface area contributed by atoms with Gasteiger partial charge in [0.2, 0.25) is 0 Å². The maximum absolute atomic E-state index is 11.3. The van der Waals surface area contributed by atoms with Gasteiger partial charge < -0.3 is 9.47 Å². The van der Waals surface area contributed by atoms with Gasteiger partial charge in [0, 0.05) is 8.95 Å². The average Bonchev–Trinajstić information content (AvgIpc) is 2.16. The zero-order chi connectivity index (χ0) is 10.7. The molecule has 0 N–H and O–H groups in total. The highest BCUT2D eigenvalue weighted by molar-refractivity contribution is 9.11. The number of carbonyl (C=O) groups is 1. The molecule has 5 heteroatoms. The molecule has 0 bridgehead atoms. The third-order valence-electron chi connectivity index (χ3n) is 1.64. The Labute approximate surface area is 98.6 Å². The normalized spacial score (nSPS) is 9.71. The molecule has 0 amide bonds. The lowest BCUT2D eigenvalue weighted by atomic mass is 10.2. The van der Waals surface area contributed by atoms with Gasteiger partial charge in [0.05, 0.1) is 19.8 Å². The molecule has 1 aromatic rings. The summed E-state index contributed by atoms with van der Waals surface area (Å²) >= 11 is 6.54. The van der Waals surface area contributed by atoms with E-state index in [4.69, 9.17) is 4.74 Å². The highest BCUT2D eigenvalue weighted by atomic mass is 79.9. The van der Waals surface area contributed by atoms with Crippen molar-refractivity contribution in [1.29, 1.82) is 0 Å². The van der Waals surface area contributed by atoms with Crippen LogP contribution in [0, 0.1) is 0 Å². The molecular formula is C9H8Br2O3. The van der Waals surface area contributed by atoms with Crippen molar-refractivity contribution in [1.82, 2.24) is 0 Å². The van der Waals surface area contributed by atoms with E-state index in [9.17, 15) is 4.79 Å². The van der Waals surface area contributed by atoms with Crippen molar-refractivity contribution in [2.75, 3.05) is 14.2 Å². The fraction of sp³-hybridized carbons (Fsp3) is 0.222. The van der Waals surface area contributed by atoms with Crippen molar-refractivity contribution >= 4 is 37.8 Å². The summed E-state index contributed by atoms with van der Waals surface area (Å²) in [6.45, 7) is 0. The number of carbonyl (C=O) groups excluding carboxylic acids is 1. The van der Waals surface area contributed by atoms with Crippen LogP contribution in [-0.4, -0.2) is 20.2 Å². The van der Waals surface area contributed by atoms with Crippen LogP contribution in [0.25, 0.3) is 0 Å². The highest BCUT2D eigenvalue weighted by Crippen LogP contribution is 2.31. The number of ether oxygens (including phenoxy) is 2. The lowest BCUT2D eigenvalue weighted by Gasteiger charge is -2.07. The Morgan fingerprint density at radius 3 is 2.07 bits per heavy atom. The number of methoxy groups -OCH3 is 2. The summed E-state index contributed by atoms with van der Waals surface area (Å²) < 4.78 is 10.9. The van der Waals surface area contributed by atoms with Crippen molar-refractivity contribution in [3.63, 3.8) is 0 Å². The van der Waals surface area contributed by atoms with Crippen molar-refractivity contribution in [3.8, 4) is 5.75 Å². The molecule has 0 spiro atoms. The molecule has 0 saturated carbocycles. The molecule has 14 heavy (non-hydrogen) atoms. The fourth-order valence-electron chi connectivity index (χ4n) is 0.965. The van der Waals surface area contributed by atoms with E-state index in [0.29, 0.717) is 20.3 Å². The Hall–Kier alpha value is -0.550. The zero-order valence-corrected chi connectivity index (χ0v) is 10.8. The van der Waals surface area contributed by atoms with E-state index in [2.05, 4.69) is 36.6 Å². The number of hydrogen-bond acceptors (Lipinski definition) is 3. The van der Waals surface area contributed by atoms with E-state index < -0.39 is 5.97 Å². The van der Waals surface area contributed by atoms with E-state index in [1.807, 2.05) is 0 Å². The smallest absolute Gasteiger partial charge is 0.340 e. The Balaban J connectivity index is 3.25. The minimum Gasteiger partial charge on any atom is -0.497 e. The van der Waals surface area contributed by atoms with Gasteiger partial charge in [-0.05, 0) is 44.0 Å². The SMILES string of the molecule is COC(=O)c1c(Br)cc(OC)cc1Br. The third kappa shape index (κ3) is 2.27. The second kappa shape index (κ2) is 4.79. The molecular weight excluding hydrogens is 316 g/mol. The van der Waals surface area contributed by atoms with Crippen LogP contribution in [0.5, 0.6) is 5.75 Å². The van der Waals surface area contributed by atoms with Crippen molar-refractivity contribution in [2.24, 2.45) is 0 Å². The van der Waals surface area contributed by atoms with E-state index in [1.54, 1.807) is 19.2 Å². The first-order valence-electron chi connectivity index (χ1n) is 3.71. The molecule has 0 aliphatic heterocycles. The van der Waals surface area contributed by atoms with Crippen LogP contribution in [0.4, 0.5) is 0 Å². The van der Waals surface area contributed by atoms with Gasteiger partial charge in [0.1, 0.15) is 5.75 Å². The Morgan fingerprint density at radius 2 is 1.71 bits per heavy atom. The number of halogens is 2. The Morgan fingerprint density at radius 1 is 1.21 bits per heavy atom. The van der Waals surface area contributed by atoms with Gasteiger partial charge in [-0.15, -0.1) is 0 Å². The minimum absolute atomic E-state index is 0.397. The van der Waals surface area contributed by atoms with Crippen LogP contribution in [-0.2, 0) is 4.74 Å². The van der Waals surface area contributed by atoms with Gasteiger partial charge in [0.15, 0.2) is 0 Å². The minimum atomic E-state index is -0.397. The van der Waals surface area contributed by atoms with Crippen LogP contribution >= 0.6 is 31.9 Å². The summed E-state index contributed by atoms with van der Waals surface area (Å²) in [5, 5.41) is 0. The maximum Gasteiger partial charge on any atom is 0.340 e. The first-order valence-corrected chi connectivity index (χ1v) is 5.30. The summed E-state index contributed by atoms with van der Waals surface area (Å²) in [5.41, 5.74) is 0.452. The lowest BCUT2D eigenvalue weighted by Crippen LogP contribution is -2.03. The molecule has 0 saturated heterocycles. The molecule has 0 heterocycles. The van der Waals surface area contributed by atoms with Gasteiger partial charge in [-0.25, -0.2) is 4.79 Å². The molecule has 1 aromatic carbocycles. The fourth-order valence-corrected chi connectivity index (χ4v) is 2.43. The van der Waals surface area contributed by atoms with Crippen molar-refractivity contribution in [2.45, 2.75) is 0 Å². The molecule has 76 valence electrons. The predicted octanol–water partition coefficient (Wildman–Crippen LogP) is 3.01. The first kappa shape index (κ1) is 11.5. The standard InChI is InChI=1S/C9H8Br2O3/c1-13-5-3-6(10)8(7(11)4-5)9(12)14-2/h3-4H,1-2H3.